The van der Waals surface area contributed by atoms with Gasteiger partial charge >= 0.3 is 0 Å². The molecule has 0 saturated carbocycles. The van der Waals surface area contributed by atoms with Crippen molar-refractivity contribution in [2.75, 3.05) is 0 Å². The van der Waals surface area contributed by atoms with Crippen LogP contribution in [-0.4, -0.2) is 0 Å². The third-order valence-electron chi connectivity index (χ3n) is 3.72. The van der Waals surface area contributed by atoms with E-state index in [0.717, 1.165) is 6.42 Å². The molecule has 18 heavy (non-hydrogen) atoms. The van der Waals surface area contributed by atoms with Gasteiger partial charge < -0.3 is 0 Å². The molecule has 0 spiro atoms. The highest BCUT2D eigenvalue weighted by Crippen LogP contribution is 2.41. The maximum Gasteiger partial charge on any atom is 0.00919 e. The number of hydrogen-bond donors (Lipinski definition) is 0. The lowest BCUT2D eigenvalue weighted by Gasteiger charge is -2.11. The molecule has 0 heteroatoms. The molecule has 0 heterocycles. The lowest BCUT2D eigenvalue weighted by molar-refractivity contribution is 0.757. The molecule has 0 saturated heterocycles. The van der Waals surface area contributed by atoms with Crippen molar-refractivity contribution < 1.29 is 0 Å². The monoisotopic (exact) mass is 236 g/mol. The minimum Gasteiger partial charge on any atom is -0.0991 e. The van der Waals surface area contributed by atoms with Crippen LogP contribution < -0.4 is 0 Å². The molecule has 0 N–H and O–H groups in total. The number of rotatable bonds is 3. The van der Waals surface area contributed by atoms with Crippen molar-refractivity contribution in [2.24, 2.45) is 5.92 Å². The van der Waals surface area contributed by atoms with E-state index < -0.39 is 0 Å². The van der Waals surface area contributed by atoms with E-state index in [2.05, 4.69) is 56.9 Å². The first-order valence-electron chi connectivity index (χ1n) is 6.46. The molecule has 0 amide bonds. The summed E-state index contributed by atoms with van der Waals surface area (Å²) < 4.78 is 0. The maximum absolute atomic E-state index is 3.67. The largest absolute Gasteiger partial charge is 0.0991 e. The molecule has 0 aliphatic heterocycles. The molecule has 92 valence electrons. The van der Waals surface area contributed by atoms with Gasteiger partial charge in [0.1, 0.15) is 0 Å². The van der Waals surface area contributed by atoms with Gasteiger partial charge in [-0.05, 0) is 37.0 Å². The molecule has 0 aromatic carbocycles. The molecule has 0 nitrogen and oxygen atoms in total. The Hall–Kier alpha value is -1.82. The van der Waals surface area contributed by atoms with Crippen molar-refractivity contribution in [1.82, 2.24) is 0 Å². The quantitative estimate of drug-likeness (QED) is 0.600. The zero-order valence-electron chi connectivity index (χ0n) is 11.2. The maximum atomic E-state index is 3.67. The van der Waals surface area contributed by atoms with E-state index in [1.54, 1.807) is 6.08 Å². The summed E-state index contributed by atoms with van der Waals surface area (Å²) in [4.78, 5) is 0. The van der Waals surface area contributed by atoms with Crippen LogP contribution in [0, 0.1) is 5.92 Å². The standard InChI is InChI=1S/C18H20/c1-4-5-6-8-11-16-14(2)15(3)17-12-9-7-10-13-18(16)17/h4-11,13,17H,1,12H2,2-3H3/b6-5-,11-8-. The highest BCUT2D eigenvalue weighted by molar-refractivity contribution is 5.58. The van der Waals surface area contributed by atoms with Crippen LogP contribution in [-0.2, 0) is 0 Å². The number of allylic oxidation sites excluding steroid dienone is 13. The Bertz CT molecular complexity index is 516. The summed E-state index contributed by atoms with van der Waals surface area (Å²) in [6.07, 6.45) is 20.0. The van der Waals surface area contributed by atoms with Crippen LogP contribution >= 0.6 is 0 Å². The van der Waals surface area contributed by atoms with E-state index in [0.29, 0.717) is 5.92 Å². The second-order valence-electron chi connectivity index (χ2n) is 4.73. The van der Waals surface area contributed by atoms with E-state index >= 15 is 0 Å². The Labute approximate surface area is 110 Å². The van der Waals surface area contributed by atoms with Crippen LogP contribution in [0.4, 0.5) is 0 Å². The molecule has 2 aliphatic rings. The third kappa shape index (κ3) is 2.38. The van der Waals surface area contributed by atoms with Crippen LogP contribution in [0.25, 0.3) is 0 Å². The van der Waals surface area contributed by atoms with Crippen LogP contribution in [0.5, 0.6) is 0 Å². The molecule has 0 aromatic heterocycles. The minimum atomic E-state index is 0.572. The first-order chi connectivity index (χ1) is 8.75. The van der Waals surface area contributed by atoms with E-state index in [-0.39, 0.29) is 0 Å². The predicted molar refractivity (Wildman–Crippen MR) is 80.3 cm³/mol. The topological polar surface area (TPSA) is 0 Å². The molecular formula is C18H20. The van der Waals surface area contributed by atoms with Gasteiger partial charge in [-0.15, -0.1) is 0 Å². The molecule has 0 radical (unpaired) electrons. The summed E-state index contributed by atoms with van der Waals surface area (Å²) >= 11 is 0. The third-order valence-corrected chi connectivity index (χ3v) is 3.72. The normalized spacial score (nSPS) is 23.3. The Morgan fingerprint density at radius 2 is 2.00 bits per heavy atom. The second-order valence-corrected chi connectivity index (χ2v) is 4.73. The summed E-state index contributed by atoms with van der Waals surface area (Å²) in [5.41, 5.74) is 5.77. The summed E-state index contributed by atoms with van der Waals surface area (Å²) in [6, 6.07) is 0. The van der Waals surface area contributed by atoms with Crippen molar-refractivity contribution in [3.05, 3.63) is 83.6 Å². The fraction of sp³-hybridized carbons (Fsp3) is 0.222. The molecule has 1 atom stereocenters. The van der Waals surface area contributed by atoms with Crippen LogP contribution in [0.1, 0.15) is 20.3 Å². The van der Waals surface area contributed by atoms with Gasteiger partial charge in [-0.2, -0.15) is 0 Å². The summed E-state index contributed by atoms with van der Waals surface area (Å²) in [6.45, 7) is 8.16. The van der Waals surface area contributed by atoms with E-state index in [1.807, 2.05) is 12.2 Å². The lowest BCUT2D eigenvalue weighted by atomic mass is 9.93. The van der Waals surface area contributed by atoms with Crippen molar-refractivity contribution in [3.8, 4) is 0 Å². The smallest absolute Gasteiger partial charge is 0.00919 e. The van der Waals surface area contributed by atoms with Gasteiger partial charge in [-0.1, -0.05) is 66.8 Å². The van der Waals surface area contributed by atoms with Gasteiger partial charge in [0.15, 0.2) is 0 Å². The van der Waals surface area contributed by atoms with Crippen LogP contribution in [0.3, 0.4) is 0 Å². The Morgan fingerprint density at radius 1 is 1.17 bits per heavy atom. The number of hydrogen-bond acceptors (Lipinski definition) is 0. The average molecular weight is 236 g/mol. The van der Waals surface area contributed by atoms with E-state index in [1.165, 1.54) is 22.3 Å². The van der Waals surface area contributed by atoms with Crippen LogP contribution in [0.2, 0.25) is 0 Å². The van der Waals surface area contributed by atoms with Gasteiger partial charge in [-0.3, -0.25) is 0 Å². The lowest BCUT2D eigenvalue weighted by Crippen LogP contribution is -1.98. The molecule has 0 bridgehead atoms. The Kier molecular flexibility index (Phi) is 3.99. The van der Waals surface area contributed by atoms with Crippen LogP contribution in [0.15, 0.2) is 83.6 Å². The Balaban J connectivity index is 2.35. The highest BCUT2D eigenvalue weighted by Gasteiger charge is 2.25. The van der Waals surface area contributed by atoms with Crippen molar-refractivity contribution in [3.63, 3.8) is 0 Å². The van der Waals surface area contributed by atoms with Gasteiger partial charge in [0, 0.05) is 5.92 Å². The van der Waals surface area contributed by atoms with Crippen molar-refractivity contribution in [2.45, 2.75) is 20.3 Å². The Morgan fingerprint density at radius 3 is 2.78 bits per heavy atom. The highest BCUT2D eigenvalue weighted by atomic mass is 14.3. The van der Waals surface area contributed by atoms with Gasteiger partial charge in [0.05, 0.1) is 0 Å². The van der Waals surface area contributed by atoms with E-state index in [9.17, 15) is 0 Å². The van der Waals surface area contributed by atoms with Crippen molar-refractivity contribution in [1.29, 1.82) is 0 Å². The SMILES string of the molecule is C=C/C=C\C=C/C1=C2C=CC=CCC2C(C)=C1C. The van der Waals surface area contributed by atoms with E-state index in [4.69, 9.17) is 0 Å². The van der Waals surface area contributed by atoms with Gasteiger partial charge in [0.25, 0.3) is 0 Å². The summed E-state index contributed by atoms with van der Waals surface area (Å²) in [5, 5.41) is 0. The first kappa shape index (κ1) is 12.6. The second kappa shape index (κ2) is 5.68. The zero-order valence-corrected chi connectivity index (χ0v) is 11.2. The molecule has 0 fully saturated rings. The zero-order chi connectivity index (χ0) is 13.0. The first-order valence-corrected chi connectivity index (χ1v) is 6.46. The minimum absolute atomic E-state index is 0.572. The molecule has 1 unspecified atom stereocenters. The molecule has 2 rings (SSSR count). The molecule has 0 aromatic rings. The number of fused-ring (bicyclic) bond motifs is 1. The summed E-state index contributed by atoms with van der Waals surface area (Å²) in [5.74, 6) is 0.572. The predicted octanol–water partition coefficient (Wildman–Crippen LogP) is 5.06. The van der Waals surface area contributed by atoms with Gasteiger partial charge in [0.2, 0.25) is 0 Å². The molecular weight excluding hydrogens is 216 g/mol. The van der Waals surface area contributed by atoms with Crippen molar-refractivity contribution >= 4 is 0 Å². The van der Waals surface area contributed by atoms with Gasteiger partial charge in [-0.25, -0.2) is 0 Å². The molecule has 2 aliphatic carbocycles. The fourth-order valence-electron chi connectivity index (χ4n) is 2.59. The average Bonchev–Trinajstić information content (AvgIpc) is 2.58. The summed E-state index contributed by atoms with van der Waals surface area (Å²) in [7, 11) is 0. The fourth-order valence-corrected chi connectivity index (χ4v) is 2.59.